The van der Waals surface area contributed by atoms with E-state index < -0.39 is 0 Å². The number of benzene rings is 2. The molecule has 0 amide bonds. The number of rotatable bonds is 1. The Morgan fingerprint density at radius 3 is 2.52 bits per heavy atom. The minimum Gasteiger partial charge on any atom is -0.0683 e. The summed E-state index contributed by atoms with van der Waals surface area (Å²) in [5.74, 6) is 0. The molecule has 106 valence electrons. The third kappa shape index (κ3) is 2.23. The maximum Gasteiger partial charge on any atom is -0.00603 e. The fourth-order valence-electron chi connectivity index (χ4n) is 4.00. The quantitative estimate of drug-likeness (QED) is 0.595. The Balaban J connectivity index is 2.00. The maximum atomic E-state index is 2.51. The Labute approximate surface area is 127 Å². The predicted molar refractivity (Wildman–Crippen MR) is 90.5 cm³/mol. The van der Waals surface area contributed by atoms with Crippen LogP contribution in [0.4, 0.5) is 0 Å². The highest BCUT2D eigenvalue weighted by molar-refractivity contribution is 5.84. The highest BCUT2D eigenvalue weighted by atomic mass is 14.3. The zero-order valence-electron chi connectivity index (χ0n) is 12.8. The molecule has 0 spiro atoms. The van der Waals surface area contributed by atoms with Crippen LogP contribution in [0.5, 0.6) is 0 Å². The molecule has 0 atom stereocenters. The molecule has 2 aromatic rings. The van der Waals surface area contributed by atoms with E-state index in [0.29, 0.717) is 0 Å². The Kier molecular flexibility index (Phi) is 3.18. The lowest BCUT2D eigenvalue weighted by Crippen LogP contribution is -2.00. The van der Waals surface area contributed by atoms with Crippen LogP contribution in [-0.2, 0) is 19.3 Å². The summed E-state index contributed by atoms with van der Waals surface area (Å²) in [5.41, 5.74) is 10.7. The summed E-state index contributed by atoms with van der Waals surface area (Å²) in [7, 11) is 0. The van der Waals surface area contributed by atoms with Gasteiger partial charge in [0.1, 0.15) is 0 Å². The molecule has 0 saturated heterocycles. The molecule has 2 aromatic carbocycles. The Bertz CT molecular complexity index is 705. The van der Waals surface area contributed by atoms with Crippen molar-refractivity contribution in [3.63, 3.8) is 0 Å². The largest absolute Gasteiger partial charge is 0.0683 e. The molecule has 0 heteroatoms. The van der Waals surface area contributed by atoms with E-state index in [9.17, 15) is 0 Å². The number of allylic oxidation sites excluding steroid dienone is 1. The van der Waals surface area contributed by atoms with Gasteiger partial charge in [0, 0.05) is 0 Å². The average Bonchev–Trinajstić information content (AvgIpc) is 2.71. The summed E-state index contributed by atoms with van der Waals surface area (Å²) in [5, 5.41) is 0. The van der Waals surface area contributed by atoms with Crippen molar-refractivity contribution >= 4 is 6.08 Å². The Hall–Kier alpha value is -1.82. The number of hydrogen-bond acceptors (Lipinski definition) is 0. The molecular formula is C21H22. The summed E-state index contributed by atoms with van der Waals surface area (Å²) in [6.07, 6.45) is 10.1. The van der Waals surface area contributed by atoms with E-state index in [-0.39, 0.29) is 0 Å². The molecule has 0 nitrogen and oxygen atoms in total. The first kappa shape index (κ1) is 12.9. The Morgan fingerprint density at radius 1 is 0.857 bits per heavy atom. The van der Waals surface area contributed by atoms with Crippen LogP contribution in [0, 0.1) is 0 Å². The average molecular weight is 274 g/mol. The first-order valence-electron chi connectivity index (χ1n) is 8.23. The maximum absolute atomic E-state index is 2.51. The van der Waals surface area contributed by atoms with Crippen LogP contribution in [-0.4, -0.2) is 0 Å². The fourth-order valence-corrected chi connectivity index (χ4v) is 4.00. The molecule has 0 heterocycles. The summed E-state index contributed by atoms with van der Waals surface area (Å²) in [6, 6.07) is 13.5. The van der Waals surface area contributed by atoms with Gasteiger partial charge in [-0.05, 0) is 72.4 Å². The van der Waals surface area contributed by atoms with Crippen molar-refractivity contribution in [3.05, 3.63) is 64.2 Å². The molecule has 0 fully saturated rings. The van der Waals surface area contributed by atoms with Gasteiger partial charge >= 0.3 is 0 Å². The lowest BCUT2D eigenvalue weighted by molar-refractivity contribution is 0.712. The lowest BCUT2D eigenvalue weighted by Gasteiger charge is -2.18. The van der Waals surface area contributed by atoms with Gasteiger partial charge in [-0.2, -0.15) is 0 Å². The molecule has 2 aliphatic rings. The van der Waals surface area contributed by atoms with E-state index >= 15 is 0 Å². The molecule has 0 saturated carbocycles. The van der Waals surface area contributed by atoms with Gasteiger partial charge in [0.25, 0.3) is 0 Å². The van der Waals surface area contributed by atoms with Crippen molar-refractivity contribution in [2.75, 3.05) is 0 Å². The second-order valence-corrected chi connectivity index (χ2v) is 6.56. The minimum absolute atomic E-state index is 1.14. The summed E-state index contributed by atoms with van der Waals surface area (Å²) < 4.78 is 0. The van der Waals surface area contributed by atoms with Crippen molar-refractivity contribution in [3.8, 4) is 11.1 Å². The summed E-state index contributed by atoms with van der Waals surface area (Å²) in [6.45, 7) is 2.26. The van der Waals surface area contributed by atoms with Crippen LogP contribution in [0.2, 0.25) is 0 Å². The van der Waals surface area contributed by atoms with Gasteiger partial charge in [0.15, 0.2) is 0 Å². The molecule has 21 heavy (non-hydrogen) atoms. The highest BCUT2D eigenvalue weighted by Gasteiger charge is 2.22. The molecule has 0 N–H and O–H groups in total. The number of hydrogen-bond donors (Lipinski definition) is 0. The van der Waals surface area contributed by atoms with Crippen LogP contribution in [0.15, 0.2) is 42.0 Å². The van der Waals surface area contributed by atoms with Crippen LogP contribution in [0.1, 0.15) is 48.4 Å². The molecule has 0 aliphatic heterocycles. The standard InChI is InChI=1S/C21H22/c1-15-12-18-14-17-10-6-3-7-11-19(17)21(20(18)13-15)16-8-4-2-5-9-16/h2,4-5,8-9,13-14H,3,6-7,10-12H2,1H3. The van der Waals surface area contributed by atoms with E-state index in [4.69, 9.17) is 0 Å². The zero-order chi connectivity index (χ0) is 14.2. The first-order chi connectivity index (χ1) is 10.3. The molecule has 2 aliphatic carbocycles. The van der Waals surface area contributed by atoms with Gasteiger partial charge in [0.05, 0.1) is 0 Å². The SMILES string of the molecule is CC1=Cc2c(cc3c(c2-c2ccccc2)CCCCC3)C1. The molecule has 0 unspecified atom stereocenters. The van der Waals surface area contributed by atoms with Crippen molar-refractivity contribution in [1.29, 1.82) is 0 Å². The normalized spacial score (nSPS) is 16.9. The second-order valence-electron chi connectivity index (χ2n) is 6.56. The third-order valence-corrected chi connectivity index (χ3v) is 4.95. The van der Waals surface area contributed by atoms with Crippen LogP contribution < -0.4 is 0 Å². The van der Waals surface area contributed by atoms with Crippen LogP contribution >= 0.6 is 0 Å². The molecular weight excluding hydrogens is 252 g/mol. The number of fused-ring (bicyclic) bond motifs is 2. The van der Waals surface area contributed by atoms with Gasteiger partial charge in [-0.25, -0.2) is 0 Å². The van der Waals surface area contributed by atoms with E-state index in [1.165, 1.54) is 54.4 Å². The summed E-state index contributed by atoms with van der Waals surface area (Å²) >= 11 is 0. The molecule has 0 aromatic heterocycles. The van der Waals surface area contributed by atoms with Crippen molar-refractivity contribution in [2.24, 2.45) is 0 Å². The van der Waals surface area contributed by atoms with E-state index in [1.54, 1.807) is 16.7 Å². The fraction of sp³-hybridized carbons (Fsp3) is 0.333. The van der Waals surface area contributed by atoms with Gasteiger partial charge in [-0.3, -0.25) is 0 Å². The van der Waals surface area contributed by atoms with Gasteiger partial charge in [-0.15, -0.1) is 0 Å². The first-order valence-corrected chi connectivity index (χ1v) is 8.23. The Morgan fingerprint density at radius 2 is 1.67 bits per heavy atom. The molecule has 4 rings (SSSR count). The van der Waals surface area contributed by atoms with E-state index in [1.807, 2.05) is 0 Å². The smallest absolute Gasteiger partial charge is 0.00603 e. The zero-order valence-corrected chi connectivity index (χ0v) is 12.8. The number of aryl methyl sites for hydroxylation is 1. The van der Waals surface area contributed by atoms with Crippen molar-refractivity contribution in [2.45, 2.75) is 45.4 Å². The van der Waals surface area contributed by atoms with Gasteiger partial charge < -0.3 is 0 Å². The molecule has 0 bridgehead atoms. The van der Waals surface area contributed by atoms with Crippen molar-refractivity contribution in [1.82, 2.24) is 0 Å². The predicted octanol–water partition coefficient (Wildman–Crippen LogP) is 5.58. The summed E-state index contributed by atoms with van der Waals surface area (Å²) in [4.78, 5) is 0. The monoisotopic (exact) mass is 274 g/mol. The van der Waals surface area contributed by atoms with E-state index in [2.05, 4.69) is 49.4 Å². The third-order valence-electron chi connectivity index (χ3n) is 4.95. The van der Waals surface area contributed by atoms with Crippen LogP contribution in [0.3, 0.4) is 0 Å². The van der Waals surface area contributed by atoms with Crippen molar-refractivity contribution < 1.29 is 0 Å². The second kappa shape index (κ2) is 5.18. The van der Waals surface area contributed by atoms with E-state index in [0.717, 1.165) is 6.42 Å². The lowest BCUT2D eigenvalue weighted by atomic mass is 9.86. The minimum atomic E-state index is 1.14. The van der Waals surface area contributed by atoms with Crippen LogP contribution in [0.25, 0.3) is 17.2 Å². The topological polar surface area (TPSA) is 0 Å². The highest BCUT2D eigenvalue weighted by Crippen LogP contribution is 2.40. The van der Waals surface area contributed by atoms with Gasteiger partial charge in [-0.1, -0.05) is 54.5 Å². The van der Waals surface area contributed by atoms with Gasteiger partial charge in [0.2, 0.25) is 0 Å². The molecule has 0 radical (unpaired) electrons.